The van der Waals surface area contributed by atoms with Gasteiger partial charge in [-0.2, -0.15) is 0 Å². The van der Waals surface area contributed by atoms with Gasteiger partial charge in [0, 0.05) is 39.1 Å². The smallest absolute Gasteiger partial charge is 0.231 e. The Hall–Kier alpha value is -3.45. The molecule has 1 aromatic heterocycles. The molecule has 1 saturated heterocycles. The van der Waals surface area contributed by atoms with Gasteiger partial charge in [0.25, 0.3) is 0 Å². The van der Waals surface area contributed by atoms with Gasteiger partial charge in [0.15, 0.2) is 17.3 Å². The third-order valence-corrected chi connectivity index (χ3v) is 7.88. The van der Waals surface area contributed by atoms with Crippen molar-refractivity contribution in [3.05, 3.63) is 76.1 Å². The number of piperazine rings is 1. The highest BCUT2D eigenvalue weighted by atomic mass is 16.7. The van der Waals surface area contributed by atoms with Crippen LogP contribution in [0.5, 0.6) is 11.5 Å². The van der Waals surface area contributed by atoms with Crippen LogP contribution >= 0.6 is 0 Å². The number of aryl methyl sites for hydroxylation is 1. The SMILES string of the molecule is Cc1nc(N2CCN(Cc3ccc4c(c3)OCO4)CC2)nc2c1C(=O)CC(c1ccc(C(C)C)cc1)C2. The predicted molar refractivity (Wildman–Crippen MR) is 143 cm³/mol. The van der Waals surface area contributed by atoms with Gasteiger partial charge in [-0.15, -0.1) is 0 Å². The number of rotatable bonds is 5. The molecule has 6 rings (SSSR count). The van der Waals surface area contributed by atoms with Crippen LogP contribution in [0.3, 0.4) is 0 Å². The van der Waals surface area contributed by atoms with E-state index < -0.39 is 0 Å². The number of carbonyl (C=O) groups excluding carboxylic acids is 1. The average Bonchev–Trinajstić information content (AvgIpc) is 3.37. The molecule has 192 valence electrons. The molecular formula is C30H34N4O3. The zero-order valence-corrected chi connectivity index (χ0v) is 21.9. The standard InChI is InChI=1S/C30H34N4O3/c1-19(2)22-5-7-23(8-6-22)24-15-25-29(26(35)16-24)20(3)31-30(32-25)34-12-10-33(11-13-34)17-21-4-9-27-28(14-21)37-18-36-27/h4-9,14,19,24H,10-13,15-18H2,1-3H3. The van der Waals surface area contributed by atoms with Gasteiger partial charge in [0.1, 0.15) is 0 Å². The number of Topliss-reactive ketones (excluding diaryl/α,β-unsaturated/α-hetero) is 1. The van der Waals surface area contributed by atoms with E-state index in [0.717, 1.165) is 73.5 Å². The van der Waals surface area contributed by atoms with Crippen molar-refractivity contribution in [2.45, 2.75) is 52.0 Å². The quantitative estimate of drug-likeness (QED) is 0.497. The first kappa shape index (κ1) is 23.9. The molecule has 0 radical (unpaired) electrons. The molecule has 1 atom stereocenters. The second kappa shape index (κ2) is 9.78. The van der Waals surface area contributed by atoms with E-state index >= 15 is 0 Å². The van der Waals surface area contributed by atoms with Crippen LogP contribution in [0.1, 0.15) is 70.5 Å². The van der Waals surface area contributed by atoms with Crippen molar-refractivity contribution in [1.29, 1.82) is 0 Å². The molecule has 37 heavy (non-hydrogen) atoms. The Morgan fingerprint density at radius 1 is 0.946 bits per heavy atom. The first-order valence-corrected chi connectivity index (χ1v) is 13.3. The number of aromatic nitrogens is 2. The first-order valence-electron chi connectivity index (χ1n) is 13.3. The Morgan fingerprint density at radius 2 is 1.70 bits per heavy atom. The van der Waals surface area contributed by atoms with E-state index in [9.17, 15) is 4.79 Å². The molecule has 1 aliphatic carbocycles. The average molecular weight is 499 g/mol. The highest BCUT2D eigenvalue weighted by Crippen LogP contribution is 2.35. The first-order chi connectivity index (χ1) is 17.9. The number of hydrogen-bond donors (Lipinski definition) is 0. The fraction of sp³-hybridized carbons (Fsp3) is 0.433. The molecule has 3 heterocycles. The van der Waals surface area contributed by atoms with Gasteiger partial charge >= 0.3 is 0 Å². The monoisotopic (exact) mass is 498 g/mol. The van der Waals surface area contributed by atoms with Crippen molar-refractivity contribution in [3.8, 4) is 11.5 Å². The van der Waals surface area contributed by atoms with Crippen molar-refractivity contribution < 1.29 is 14.3 Å². The lowest BCUT2D eigenvalue weighted by Crippen LogP contribution is -2.46. The molecule has 0 bridgehead atoms. The molecule has 2 aromatic carbocycles. The van der Waals surface area contributed by atoms with Crippen molar-refractivity contribution >= 4 is 11.7 Å². The van der Waals surface area contributed by atoms with Crippen LogP contribution in [0.25, 0.3) is 0 Å². The number of benzene rings is 2. The second-order valence-electron chi connectivity index (χ2n) is 10.7. The second-order valence-corrected chi connectivity index (χ2v) is 10.7. The summed E-state index contributed by atoms with van der Waals surface area (Å²) in [6.45, 7) is 11.1. The topological polar surface area (TPSA) is 67.8 Å². The van der Waals surface area contributed by atoms with E-state index in [1.54, 1.807) is 0 Å². The maximum Gasteiger partial charge on any atom is 0.231 e. The predicted octanol–water partition coefficient (Wildman–Crippen LogP) is 4.87. The number of ether oxygens (including phenoxy) is 2. The molecule has 1 unspecified atom stereocenters. The van der Waals surface area contributed by atoms with Crippen LogP contribution in [0.2, 0.25) is 0 Å². The van der Waals surface area contributed by atoms with Gasteiger partial charge in [0.2, 0.25) is 12.7 Å². The van der Waals surface area contributed by atoms with Crippen LogP contribution in [0.15, 0.2) is 42.5 Å². The summed E-state index contributed by atoms with van der Waals surface area (Å²) in [6.07, 6.45) is 1.30. The Kier molecular flexibility index (Phi) is 6.32. The van der Waals surface area contributed by atoms with Crippen molar-refractivity contribution in [1.82, 2.24) is 14.9 Å². The van der Waals surface area contributed by atoms with Crippen molar-refractivity contribution in [3.63, 3.8) is 0 Å². The summed E-state index contributed by atoms with van der Waals surface area (Å²) in [5.74, 6) is 3.24. The van der Waals surface area contributed by atoms with Crippen molar-refractivity contribution in [2.24, 2.45) is 0 Å². The Morgan fingerprint density at radius 3 is 2.46 bits per heavy atom. The third-order valence-electron chi connectivity index (χ3n) is 7.88. The summed E-state index contributed by atoms with van der Waals surface area (Å²) in [7, 11) is 0. The fourth-order valence-corrected chi connectivity index (χ4v) is 5.69. The van der Waals surface area contributed by atoms with Gasteiger partial charge in [-0.05, 0) is 54.0 Å². The largest absolute Gasteiger partial charge is 0.454 e. The molecule has 2 aliphatic heterocycles. The molecular weight excluding hydrogens is 464 g/mol. The van der Waals surface area contributed by atoms with E-state index in [4.69, 9.17) is 19.4 Å². The maximum atomic E-state index is 13.1. The summed E-state index contributed by atoms with van der Waals surface area (Å²) in [4.78, 5) is 27.6. The molecule has 0 N–H and O–H groups in total. The van der Waals surface area contributed by atoms with Gasteiger partial charge < -0.3 is 14.4 Å². The molecule has 3 aromatic rings. The zero-order chi connectivity index (χ0) is 25.5. The summed E-state index contributed by atoms with van der Waals surface area (Å²) in [6, 6.07) is 14.9. The number of carbonyl (C=O) groups is 1. The Bertz CT molecular complexity index is 1310. The maximum absolute atomic E-state index is 13.1. The summed E-state index contributed by atoms with van der Waals surface area (Å²) < 4.78 is 11.0. The zero-order valence-electron chi connectivity index (χ0n) is 21.9. The summed E-state index contributed by atoms with van der Waals surface area (Å²) in [5.41, 5.74) is 6.22. The fourth-order valence-electron chi connectivity index (χ4n) is 5.69. The van der Waals surface area contributed by atoms with Crippen LogP contribution in [-0.4, -0.2) is 53.6 Å². The summed E-state index contributed by atoms with van der Waals surface area (Å²) in [5, 5.41) is 0. The van der Waals surface area contributed by atoms with E-state index in [1.807, 2.05) is 13.0 Å². The molecule has 1 fully saturated rings. The number of fused-ring (bicyclic) bond motifs is 2. The third kappa shape index (κ3) is 4.80. The van der Waals surface area contributed by atoms with E-state index in [-0.39, 0.29) is 11.7 Å². The minimum Gasteiger partial charge on any atom is -0.454 e. The lowest BCUT2D eigenvalue weighted by Gasteiger charge is -2.35. The van der Waals surface area contributed by atoms with Gasteiger partial charge in [-0.25, -0.2) is 9.97 Å². The lowest BCUT2D eigenvalue weighted by atomic mass is 9.81. The Labute approximate surface area is 218 Å². The molecule has 0 saturated carbocycles. The minimum atomic E-state index is 0.164. The normalized spacial score (nSPS) is 19.4. The number of hydrogen-bond acceptors (Lipinski definition) is 7. The van der Waals surface area contributed by atoms with E-state index in [1.165, 1.54) is 16.7 Å². The van der Waals surface area contributed by atoms with Crippen LogP contribution in [-0.2, 0) is 13.0 Å². The minimum absolute atomic E-state index is 0.164. The van der Waals surface area contributed by atoms with E-state index in [0.29, 0.717) is 19.1 Å². The van der Waals surface area contributed by atoms with Gasteiger partial charge in [-0.3, -0.25) is 9.69 Å². The molecule has 0 spiro atoms. The molecule has 7 nitrogen and oxygen atoms in total. The number of nitrogens with zero attached hydrogens (tertiary/aromatic N) is 4. The lowest BCUT2D eigenvalue weighted by molar-refractivity contribution is 0.0962. The van der Waals surface area contributed by atoms with Gasteiger partial charge in [-0.1, -0.05) is 44.2 Å². The summed E-state index contributed by atoms with van der Waals surface area (Å²) >= 11 is 0. The molecule has 7 heteroatoms. The highest BCUT2D eigenvalue weighted by Gasteiger charge is 2.31. The van der Waals surface area contributed by atoms with Gasteiger partial charge in [0.05, 0.1) is 17.0 Å². The number of ketones is 1. The van der Waals surface area contributed by atoms with E-state index in [2.05, 4.69) is 60.0 Å². The van der Waals surface area contributed by atoms with Crippen LogP contribution in [0.4, 0.5) is 5.95 Å². The van der Waals surface area contributed by atoms with Crippen LogP contribution in [0, 0.1) is 6.92 Å². The Balaban J connectivity index is 1.14. The molecule has 3 aliphatic rings. The molecule has 0 amide bonds. The number of anilines is 1. The highest BCUT2D eigenvalue weighted by molar-refractivity contribution is 5.99. The van der Waals surface area contributed by atoms with Crippen molar-refractivity contribution in [2.75, 3.05) is 37.9 Å². The van der Waals surface area contributed by atoms with Crippen LogP contribution < -0.4 is 14.4 Å².